The lowest BCUT2D eigenvalue weighted by Crippen LogP contribution is -2.35. The zero-order valence-electron chi connectivity index (χ0n) is 18.4. The maximum Gasteiger partial charge on any atom is 0.270 e. The molecule has 2 aliphatic rings. The van der Waals surface area contributed by atoms with E-state index >= 15 is 0 Å². The Morgan fingerprint density at radius 3 is 2.55 bits per heavy atom. The topological polar surface area (TPSA) is 152 Å². The Morgan fingerprint density at radius 1 is 1.18 bits per heavy atom. The Kier molecular flexibility index (Phi) is 5.51. The van der Waals surface area contributed by atoms with Crippen LogP contribution >= 0.6 is 0 Å². The molecule has 0 bridgehead atoms. The SMILES string of the molecule is CCS(=O)(=O)NC1C2CN(c3cnc(N)c(-c4nnc(-c5ccc(CNC)cc5)o4)n3)C[C@@H]21.[HH].[HH].[HH].[HH].[HH]. The van der Waals surface area contributed by atoms with Crippen LogP contribution in [-0.2, 0) is 16.6 Å². The van der Waals surface area contributed by atoms with Gasteiger partial charge in [-0.15, -0.1) is 10.2 Å². The van der Waals surface area contributed by atoms with Gasteiger partial charge < -0.3 is 20.4 Å². The van der Waals surface area contributed by atoms with E-state index in [0.29, 0.717) is 30.5 Å². The Labute approximate surface area is 199 Å². The molecule has 3 atom stereocenters. The molecule has 1 saturated carbocycles. The molecular weight excluding hydrogens is 444 g/mol. The number of fused-ring (bicyclic) bond motifs is 1. The lowest BCUT2D eigenvalue weighted by Gasteiger charge is -2.21. The summed E-state index contributed by atoms with van der Waals surface area (Å²) in [6.07, 6.45) is 1.62. The van der Waals surface area contributed by atoms with Crippen molar-refractivity contribution in [1.82, 2.24) is 30.2 Å². The van der Waals surface area contributed by atoms with Crippen LogP contribution in [0.25, 0.3) is 23.0 Å². The van der Waals surface area contributed by atoms with Gasteiger partial charge in [-0.05, 0) is 43.5 Å². The van der Waals surface area contributed by atoms with Gasteiger partial charge >= 0.3 is 0 Å². The fourth-order valence-electron chi connectivity index (χ4n) is 4.28. The van der Waals surface area contributed by atoms with E-state index in [1.54, 1.807) is 13.1 Å². The standard InChI is InChI=1S/C21H26N8O3S.5H2/c1-3-33(30,31)28-17-14-10-29(11-15(14)17)16-9-24-19(22)18(25-16)21-27-26-20(32-21)13-6-4-12(5-7-13)8-23-2;;;;;/h4-7,9,14-15,17,23,28H,3,8,10-11H2,1-2H3,(H2,22,24);5*1H/t14-,15?,17?;;;;;/m0...../s1. The summed E-state index contributed by atoms with van der Waals surface area (Å²) < 4.78 is 32.3. The van der Waals surface area contributed by atoms with Crippen molar-refractivity contribution in [2.75, 3.05) is 36.5 Å². The average molecular weight is 481 g/mol. The lowest BCUT2D eigenvalue weighted by atomic mass is 10.1. The van der Waals surface area contributed by atoms with E-state index in [1.807, 2.05) is 31.3 Å². The van der Waals surface area contributed by atoms with Gasteiger partial charge in [0.15, 0.2) is 11.5 Å². The molecule has 1 aliphatic carbocycles. The Morgan fingerprint density at radius 2 is 1.88 bits per heavy atom. The molecule has 0 spiro atoms. The molecule has 2 aromatic heterocycles. The molecule has 2 fully saturated rings. The van der Waals surface area contributed by atoms with E-state index in [4.69, 9.17) is 10.2 Å². The second kappa shape index (κ2) is 8.36. The van der Waals surface area contributed by atoms with Gasteiger partial charge in [0.1, 0.15) is 5.82 Å². The number of piperidine rings is 1. The number of benzene rings is 1. The first-order valence-corrected chi connectivity index (χ1v) is 12.5. The molecule has 12 heteroatoms. The minimum absolute atomic E-state index is 0. The highest BCUT2D eigenvalue weighted by Gasteiger charge is 2.57. The van der Waals surface area contributed by atoms with Crippen molar-refractivity contribution in [3.8, 4) is 23.0 Å². The van der Waals surface area contributed by atoms with Gasteiger partial charge in [0.2, 0.25) is 15.9 Å². The number of nitrogens with zero attached hydrogens (tertiary/aromatic N) is 5. The lowest BCUT2D eigenvalue weighted by molar-refractivity contribution is 0.571. The second-order valence-electron chi connectivity index (χ2n) is 8.38. The highest BCUT2D eigenvalue weighted by atomic mass is 32.2. The normalized spacial score (nSPS) is 21.9. The molecular formula is C21H36N8O3S. The predicted octanol–water partition coefficient (Wildman–Crippen LogP) is 2.10. The van der Waals surface area contributed by atoms with Gasteiger partial charge in [-0.2, -0.15) is 0 Å². The number of hydrogen-bond donors (Lipinski definition) is 3. The first-order chi connectivity index (χ1) is 15.9. The predicted molar refractivity (Wildman–Crippen MR) is 134 cm³/mol. The highest BCUT2D eigenvalue weighted by molar-refractivity contribution is 7.89. The number of rotatable bonds is 8. The van der Waals surface area contributed by atoms with E-state index in [9.17, 15) is 8.42 Å². The van der Waals surface area contributed by atoms with Crippen LogP contribution in [-0.4, -0.2) is 60.5 Å². The molecule has 184 valence electrons. The van der Waals surface area contributed by atoms with Crippen molar-refractivity contribution in [3.63, 3.8) is 0 Å². The fraction of sp³-hybridized carbons (Fsp3) is 0.429. The highest BCUT2D eigenvalue weighted by Crippen LogP contribution is 2.47. The molecule has 3 aromatic rings. The molecule has 1 saturated heterocycles. The number of nitrogens with two attached hydrogens (primary N) is 1. The summed E-state index contributed by atoms with van der Waals surface area (Å²) in [6, 6.07) is 7.85. The van der Waals surface area contributed by atoms with Crippen LogP contribution in [0.2, 0.25) is 0 Å². The van der Waals surface area contributed by atoms with Crippen LogP contribution < -0.4 is 20.7 Å². The third-order valence-corrected chi connectivity index (χ3v) is 7.60. The molecule has 2 unspecified atom stereocenters. The van der Waals surface area contributed by atoms with E-state index in [2.05, 4.69) is 35.1 Å². The number of hydrogen-bond acceptors (Lipinski definition) is 10. The largest absolute Gasteiger partial charge is 0.414 e. The maximum atomic E-state index is 11.8. The van der Waals surface area contributed by atoms with Crippen LogP contribution in [0.3, 0.4) is 0 Å². The van der Waals surface area contributed by atoms with Crippen LogP contribution in [0, 0.1) is 11.8 Å². The quantitative estimate of drug-likeness (QED) is 0.437. The summed E-state index contributed by atoms with van der Waals surface area (Å²) in [5.74, 6) is 2.07. The van der Waals surface area contributed by atoms with E-state index in [0.717, 1.165) is 17.7 Å². The minimum Gasteiger partial charge on any atom is -0.414 e. The Bertz CT molecular complexity index is 1270. The molecule has 1 aromatic carbocycles. The molecule has 5 rings (SSSR count). The van der Waals surface area contributed by atoms with E-state index in [1.165, 1.54) is 0 Å². The number of nitrogen functional groups attached to an aromatic ring is 1. The summed E-state index contributed by atoms with van der Waals surface area (Å²) in [5.41, 5.74) is 8.35. The van der Waals surface area contributed by atoms with E-state index < -0.39 is 10.0 Å². The van der Waals surface area contributed by atoms with Crippen molar-refractivity contribution < 1.29 is 20.0 Å². The first-order valence-electron chi connectivity index (χ1n) is 10.8. The molecule has 11 nitrogen and oxygen atoms in total. The summed E-state index contributed by atoms with van der Waals surface area (Å²) in [5, 5.41) is 11.4. The third-order valence-electron chi connectivity index (χ3n) is 6.21. The summed E-state index contributed by atoms with van der Waals surface area (Å²) in [6.45, 7) is 3.82. The maximum absolute atomic E-state index is 11.8. The molecule has 4 N–H and O–H groups in total. The molecule has 3 heterocycles. The summed E-state index contributed by atoms with van der Waals surface area (Å²) in [7, 11) is -1.30. The van der Waals surface area contributed by atoms with Gasteiger partial charge in [-0.1, -0.05) is 12.1 Å². The van der Waals surface area contributed by atoms with Gasteiger partial charge in [0, 0.05) is 38.4 Å². The van der Waals surface area contributed by atoms with Crippen LogP contribution in [0.5, 0.6) is 0 Å². The second-order valence-corrected chi connectivity index (χ2v) is 10.4. The number of sulfonamides is 1. The van der Waals surface area contributed by atoms with Gasteiger partial charge in [-0.3, -0.25) is 0 Å². The third kappa shape index (κ3) is 4.28. The van der Waals surface area contributed by atoms with Gasteiger partial charge in [-0.25, -0.2) is 23.1 Å². The molecule has 0 amide bonds. The van der Waals surface area contributed by atoms with Crippen molar-refractivity contribution in [1.29, 1.82) is 0 Å². The smallest absolute Gasteiger partial charge is 0.270 e. The number of anilines is 2. The monoisotopic (exact) mass is 480 g/mol. The summed E-state index contributed by atoms with van der Waals surface area (Å²) in [4.78, 5) is 11.0. The van der Waals surface area contributed by atoms with Crippen LogP contribution in [0.4, 0.5) is 11.6 Å². The first kappa shape index (κ1) is 21.7. The Hall–Kier alpha value is -3.09. The number of aromatic nitrogens is 4. The zero-order valence-corrected chi connectivity index (χ0v) is 19.2. The Balaban J connectivity index is 0.00000274. The fourth-order valence-corrected chi connectivity index (χ4v) is 5.21. The van der Waals surface area contributed by atoms with Gasteiger partial charge in [0.25, 0.3) is 5.89 Å². The van der Waals surface area contributed by atoms with E-state index in [-0.39, 0.29) is 42.5 Å². The van der Waals surface area contributed by atoms with Crippen LogP contribution in [0.15, 0.2) is 34.9 Å². The van der Waals surface area contributed by atoms with Crippen LogP contribution in [0.1, 0.15) is 19.6 Å². The van der Waals surface area contributed by atoms with Crippen molar-refractivity contribution >= 4 is 21.7 Å². The average Bonchev–Trinajstić information content (AvgIpc) is 3.20. The number of nitrogens with one attached hydrogen (secondary N) is 2. The molecule has 1 aliphatic heterocycles. The van der Waals surface area contributed by atoms with Crippen molar-refractivity contribution in [2.24, 2.45) is 11.8 Å². The van der Waals surface area contributed by atoms with Crippen molar-refractivity contribution in [3.05, 3.63) is 36.0 Å². The van der Waals surface area contributed by atoms with Gasteiger partial charge in [0.05, 0.1) is 11.9 Å². The van der Waals surface area contributed by atoms with Crippen molar-refractivity contribution in [2.45, 2.75) is 19.5 Å². The summed E-state index contributed by atoms with van der Waals surface area (Å²) >= 11 is 0. The molecule has 0 radical (unpaired) electrons. The molecule has 33 heavy (non-hydrogen) atoms. The zero-order chi connectivity index (χ0) is 23.2. The minimum atomic E-state index is -3.20.